The molecule has 11 rings (SSSR count). The van der Waals surface area contributed by atoms with Gasteiger partial charge in [0.15, 0.2) is 0 Å². The van der Waals surface area contributed by atoms with E-state index in [0.717, 1.165) is 11.4 Å². The highest BCUT2D eigenvalue weighted by Crippen LogP contribution is 2.48. The maximum Gasteiger partial charge on any atom is 0.0555 e. The fraction of sp³-hybridized carbons (Fsp3) is 0. The van der Waals surface area contributed by atoms with Gasteiger partial charge >= 0.3 is 0 Å². The highest BCUT2D eigenvalue weighted by Gasteiger charge is 2.22. The van der Waals surface area contributed by atoms with Gasteiger partial charge in [0.1, 0.15) is 0 Å². The Morgan fingerprint density at radius 2 is 0.907 bits per heavy atom. The second-order valence-electron chi connectivity index (χ2n) is 14.1. The molecule has 0 unspecified atom stereocenters. The molecule has 54 heavy (non-hydrogen) atoms. The third-order valence-electron chi connectivity index (χ3n) is 11.0. The molecule has 0 saturated heterocycles. The molecular formula is C52H33NS. The maximum absolute atomic E-state index is 2.49. The quantitative estimate of drug-likeness (QED) is 0.161. The van der Waals surface area contributed by atoms with E-state index in [0.29, 0.717) is 0 Å². The van der Waals surface area contributed by atoms with Crippen LogP contribution in [0.2, 0.25) is 0 Å². The standard InChI is InChI=1S/C52H33NS/c1-2-13-34(14-3-1)35-27-29-39(30-28-35)53(49-25-12-26-50-52(49)47-31-36-15-4-5-16-37(36)33-51(47)54-50)48-24-11-22-42-44(21-10-23-45(42)48)46-32-38-17-6-7-18-40(38)41-19-8-9-20-43(41)46/h1-33H. The van der Waals surface area contributed by atoms with Crippen molar-refractivity contribution in [3.8, 4) is 22.3 Å². The number of anilines is 3. The van der Waals surface area contributed by atoms with Crippen molar-refractivity contribution in [3.63, 3.8) is 0 Å². The maximum atomic E-state index is 2.49. The van der Waals surface area contributed by atoms with Gasteiger partial charge in [0, 0.05) is 31.2 Å². The molecule has 0 atom stereocenters. The molecule has 1 nitrogen and oxygen atoms in total. The average Bonchev–Trinajstić information content (AvgIpc) is 3.61. The summed E-state index contributed by atoms with van der Waals surface area (Å²) in [5.74, 6) is 0. The van der Waals surface area contributed by atoms with Gasteiger partial charge < -0.3 is 4.90 Å². The molecule has 0 N–H and O–H groups in total. The van der Waals surface area contributed by atoms with Gasteiger partial charge in [-0.15, -0.1) is 11.3 Å². The van der Waals surface area contributed by atoms with Crippen LogP contribution in [0.5, 0.6) is 0 Å². The molecule has 2 heteroatoms. The number of hydrogen-bond donors (Lipinski definition) is 0. The second-order valence-corrected chi connectivity index (χ2v) is 15.1. The molecule has 0 radical (unpaired) electrons. The van der Waals surface area contributed by atoms with Crippen LogP contribution in [0.1, 0.15) is 0 Å². The summed E-state index contributed by atoms with van der Waals surface area (Å²) in [4.78, 5) is 2.49. The SMILES string of the molecule is c1ccc(-c2ccc(N(c3cccc4c(-c5cc6ccccc6c6ccccc56)cccc34)c3cccc4sc5cc6ccccc6cc5c34)cc2)cc1. The van der Waals surface area contributed by atoms with E-state index in [1.165, 1.54) is 91.2 Å². The number of rotatable bonds is 5. The van der Waals surface area contributed by atoms with Crippen LogP contribution in [0.3, 0.4) is 0 Å². The average molecular weight is 704 g/mol. The predicted molar refractivity (Wildman–Crippen MR) is 235 cm³/mol. The normalized spacial score (nSPS) is 11.7. The fourth-order valence-corrected chi connectivity index (χ4v) is 9.68. The van der Waals surface area contributed by atoms with Gasteiger partial charge in [-0.3, -0.25) is 0 Å². The molecule has 1 aromatic heterocycles. The number of thiophene rings is 1. The Labute approximate surface area is 317 Å². The summed E-state index contributed by atoms with van der Waals surface area (Å²) in [7, 11) is 0. The highest BCUT2D eigenvalue weighted by molar-refractivity contribution is 7.26. The number of hydrogen-bond acceptors (Lipinski definition) is 2. The summed E-state index contributed by atoms with van der Waals surface area (Å²) in [5.41, 5.74) is 8.36. The van der Waals surface area contributed by atoms with Gasteiger partial charge in [0.2, 0.25) is 0 Å². The zero-order chi connectivity index (χ0) is 35.6. The smallest absolute Gasteiger partial charge is 0.0555 e. The van der Waals surface area contributed by atoms with Crippen molar-refractivity contribution in [3.05, 3.63) is 200 Å². The van der Waals surface area contributed by atoms with Crippen molar-refractivity contribution in [1.82, 2.24) is 0 Å². The largest absolute Gasteiger partial charge is 0.309 e. The van der Waals surface area contributed by atoms with Gasteiger partial charge in [0.25, 0.3) is 0 Å². The fourth-order valence-electron chi connectivity index (χ4n) is 8.52. The molecule has 10 aromatic carbocycles. The third-order valence-corrected chi connectivity index (χ3v) is 12.1. The first-order chi connectivity index (χ1) is 26.8. The minimum atomic E-state index is 1.12. The molecule has 0 aliphatic heterocycles. The molecule has 0 aliphatic rings. The number of fused-ring (bicyclic) bond motifs is 8. The van der Waals surface area contributed by atoms with Crippen molar-refractivity contribution in [2.24, 2.45) is 0 Å². The lowest BCUT2D eigenvalue weighted by Crippen LogP contribution is -2.11. The first-order valence-corrected chi connectivity index (χ1v) is 19.3. The van der Waals surface area contributed by atoms with Crippen LogP contribution in [-0.4, -0.2) is 0 Å². The summed E-state index contributed by atoms with van der Waals surface area (Å²) in [5, 5.41) is 12.6. The summed E-state index contributed by atoms with van der Waals surface area (Å²) in [6, 6.07) is 73.6. The van der Waals surface area contributed by atoms with E-state index in [1.807, 2.05) is 11.3 Å². The molecule has 0 aliphatic carbocycles. The zero-order valence-corrected chi connectivity index (χ0v) is 30.2. The van der Waals surface area contributed by atoms with E-state index in [4.69, 9.17) is 0 Å². The van der Waals surface area contributed by atoms with Crippen molar-refractivity contribution in [1.29, 1.82) is 0 Å². The monoisotopic (exact) mass is 703 g/mol. The minimum Gasteiger partial charge on any atom is -0.309 e. The van der Waals surface area contributed by atoms with Crippen molar-refractivity contribution < 1.29 is 0 Å². The molecule has 1 heterocycles. The van der Waals surface area contributed by atoms with E-state index >= 15 is 0 Å². The Kier molecular flexibility index (Phi) is 7.11. The van der Waals surface area contributed by atoms with Crippen LogP contribution in [-0.2, 0) is 0 Å². The first kappa shape index (κ1) is 30.8. The topological polar surface area (TPSA) is 3.24 Å². The molecule has 0 fully saturated rings. The van der Waals surface area contributed by atoms with Crippen LogP contribution >= 0.6 is 11.3 Å². The Morgan fingerprint density at radius 3 is 1.74 bits per heavy atom. The summed E-state index contributed by atoms with van der Waals surface area (Å²) >= 11 is 1.88. The molecule has 11 aromatic rings. The number of nitrogens with zero attached hydrogens (tertiary/aromatic N) is 1. The van der Waals surface area contributed by atoms with E-state index in [-0.39, 0.29) is 0 Å². The third kappa shape index (κ3) is 4.92. The summed E-state index contributed by atoms with van der Waals surface area (Å²) in [6.45, 7) is 0. The van der Waals surface area contributed by atoms with Gasteiger partial charge in [-0.1, -0.05) is 152 Å². The van der Waals surface area contributed by atoms with Gasteiger partial charge in [-0.2, -0.15) is 0 Å². The van der Waals surface area contributed by atoms with Crippen LogP contribution in [0, 0.1) is 0 Å². The zero-order valence-electron chi connectivity index (χ0n) is 29.4. The molecule has 0 bridgehead atoms. The second kappa shape index (κ2) is 12.4. The van der Waals surface area contributed by atoms with E-state index in [1.54, 1.807) is 0 Å². The van der Waals surface area contributed by atoms with Crippen LogP contribution in [0.15, 0.2) is 200 Å². The van der Waals surface area contributed by atoms with Gasteiger partial charge in [-0.05, 0) is 108 Å². The lowest BCUT2D eigenvalue weighted by atomic mass is 9.90. The van der Waals surface area contributed by atoms with Crippen LogP contribution in [0.4, 0.5) is 17.1 Å². The Balaban J connectivity index is 1.18. The van der Waals surface area contributed by atoms with Gasteiger partial charge in [-0.25, -0.2) is 0 Å². The number of benzene rings is 10. The van der Waals surface area contributed by atoms with E-state index in [9.17, 15) is 0 Å². The summed E-state index contributed by atoms with van der Waals surface area (Å²) in [6.07, 6.45) is 0. The Bertz CT molecular complexity index is 3210. The Hall–Kier alpha value is -6.74. The lowest BCUT2D eigenvalue weighted by molar-refractivity contribution is 1.32. The van der Waals surface area contributed by atoms with Crippen LogP contribution < -0.4 is 4.90 Å². The lowest BCUT2D eigenvalue weighted by Gasteiger charge is -2.28. The van der Waals surface area contributed by atoms with E-state index < -0.39 is 0 Å². The molecule has 0 amide bonds. The minimum absolute atomic E-state index is 1.12. The molecular weight excluding hydrogens is 671 g/mol. The molecule has 0 saturated carbocycles. The molecule has 0 spiro atoms. The predicted octanol–water partition coefficient (Wildman–Crippen LogP) is 15.5. The highest BCUT2D eigenvalue weighted by atomic mass is 32.1. The van der Waals surface area contributed by atoms with Crippen molar-refractivity contribution >= 4 is 91.7 Å². The summed E-state index contributed by atoms with van der Waals surface area (Å²) < 4.78 is 2.59. The van der Waals surface area contributed by atoms with E-state index in [2.05, 4.69) is 205 Å². The van der Waals surface area contributed by atoms with Crippen LogP contribution in [0.25, 0.3) is 85.5 Å². The van der Waals surface area contributed by atoms with Crippen molar-refractivity contribution in [2.45, 2.75) is 0 Å². The molecule has 252 valence electrons. The van der Waals surface area contributed by atoms with Crippen molar-refractivity contribution in [2.75, 3.05) is 4.90 Å². The Morgan fingerprint density at radius 1 is 0.315 bits per heavy atom. The van der Waals surface area contributed by atoms with Gasteiger partial charge in [0.05, 0.1) is 11.4 Å². The first-order valence-electron chi connectivity index (χ1n) is 18.5.